The van der Waals surface area contributed by atoms with Crippen molar-refractivity contribution in [3.05, 3.63) is 70.0 Å². The monoisotopic (exact) mass is 382 g/mol. The molecule has 0 bridgehead atoms. The highest BCUT2D eigenvalue weighted by Crippen LogP contribution is 2.29. The number of ether oxygens (including phenoxy) is 1. The zero-order chi connectivity index (χ0) is 20.1. The van der Waals surface area contributed by atoms with Crippen molar-refractivity contribution in [1.82, 2.24) is 10.3 Å². The number of fused-ring (bicyclic) bond motifs is 1. The highest BCUT2D eigenvalue weighted by Gasteiger charge is 2.14. The Hall–Kier alpha value is -2.83. The number of aromatic nitrogens is 1. The number of phenols is 1. The van der Waals surface area contributed by atoms with Gasteiger partial charge in [0.1, 0.15) is 11.5 Å². The molecule has 3 aromatic rings. The van der Waals surface area contributed by atoms with Crippen LogP contribution < -0.4 is 15.6 Å². The van der Waals surface area contributed by atoms with E-state index >= 15 is 0 Å². The van der Waals surface area contributed by atoms with Gasteiger partial charge in [-0.25, -0.2) is 0 Å². The SMILES string of the molecule is COc1ccc(CC(C)NCCC(O)c2ccc(O)c3[nH]c(=O)ccc23)cc1. The summed E-state index contributed by atoms with van der Waals surface area (Å²) in [6, 6.07) is 14.5. The maximum atomic E-state index is 11.5. The molecule has 0 spiro atoms. The lowest BCUT2D eigenvalue weighted by atomic mass is 10.0. The van der Waals surface area contributed by atoms with E-state index in [0.29, 0.717) is 29.4 Å². The van der Waals surface area contributed by atoms with Crippen LogP contribution in [0.5, 0.6) is 11.5 Å². The highest BCUT2D eigenvalue weighted by molar-refractivity contribution is 5.87. The van der Waals surface area contributed by atoms with E-state index in [1.807, 2.05) is 12.1 Å². The summed E-state index contributed by atoms with van der Waals surface area (Å²) in [5.41, 5.74) is 1.97. The maximum absolute atomic E-state index is 11.5. The number of aromatic hydroxyl groups is 1. The van der Waals surface area contributed by atoms with Crippen molar-refractivity contribution in [3.63, 3.8) is 0 Å². The van der Waals surface area contributed by atoms with Crippen molar-refractivity contribution in [3.8, 4) is 11.5 Å². The summed E-state index contributed by atoms with van der Waals surface area (Å²) in [7, 11) is 1.65. The number of methoxy groups -OCH3 is 1. The van der Waals surface area contributed by atoms with Crippen LogP contribution >= 0.6 is 0 Å². The Kier molecular flexibility index (Phi) is 6.34. The number of H-pyrrole nitrogens is 1. The smallest absolute Gasteiger partial charge is 0.248 e. The van der Waals surface area contributed by atoms with Crippen LogP contribution in [0.25, 0.3) is 10.9 Å². The zero-order valence-electron chi connectivity index (χ0n) is 16.1. The molecule has 3 rings (SSSR count). The molecular formula is C22H26N2O4. The van der Waals surface area contributed by atoms with Crippen molar-refractivity contribution < 1.29 is 14.9 Å². The van der Waals surface area contributed by atoms with E-state index in [2.05, 4.69) is 29.4 Å². The molecule has 0 amide bonds. The van der Waals surface area contributed by atoms with Gasteiger partial charge in [0.25, 0.3) is 0 Å². The molecule has 0 aliphatic rings. The van der Waals surface area contributed by atoms with Gasteiger partial charge in [0.15, 0.2) is 0 Å². The van der Waals surface area contributed by atoms with Crippen molar-refractivity contribution in [2.24, 2.45) is 0 Å². The Balaban J connectivity index is 1.58. The molecule has 6 nitrogen and oxygen atoms in total. The lowest BCUT2D eigenvalue weighted by molar-refractivity contribution is 0.167. The van der Waals surface area contributed by atoms with Crippen LogP contribution in [0, 0.1) is 0 Å². The average Bonchev–Trinajstić information content (AvgIpc) is 2.69. The van der Waals surface area contributed by atoms with Gasteiger partial charge in [-0.1, -0.05) is 18.2 Å². The molecular weight excluding hydrogens is 356 g/mol. The van der Waals surface area contributed by atoms with Crippen LogP contribution in [0.1, 0.15) is 30.6 Å². The first-order valence-electron chi connectivity index (χ1n) is 9.37. The molecule has 0 saturated heterocycles. The largest absolute Gasteiger partial charge is 0.506 e. The third kappa shape index (κ3) is 4.71. The second kappa shape index (κ2) is 8.91. The minimum absolute atomic E-state index is 0.00473. The fourth-order valence-corrected chi connectivity index (χ4v) is 3.36. The maximum Gasteiger partial charge on any atom is 0.248 e. The molecule has 2 atom stereocenters. The summed E-state index contributed by atoms with van der Waals surface area (Å²) in [5.74, 6) is 0.838. The number of nitrogens with one attached hydrogen (secondary N) is 2. The second-order valence-corrected chi connectivity index (χ2v) is 7.00. The number of phenolic OH excluding ortho intramolecular Hbond substituents is 1. The molecule has 28 heavy (non-hydrogen) atoms. The van der Waals surface area contributed by atoms with Gasteiger partial charge in [-0.2, -0.15) is 0 Å². The summed E-state index contributed by atoms with van der Waals surface area (Å²) < 4.78 is 5.17. The number of aliphatic hydroxyl groups excluding tert-OH is 1. The number of aliphatic hydroxyl groups is 1. The Morgan fingerprint density at radius 2 is 1.86 bits per heavy atom. The second-order valence-electron chi connectivity index (χ2n) is 7.00. The van der Waals surface area contributed by atoms with Gasteiger partial charge < -0.3 is 25.3 Å². The van der Waals surface area contributed by atoms with Crippen LogP contribution in [-0.4, -0.2) is 34.9 Å². The van der Waals surface area contributed by atoms with Crippen LogP contribution in [0.4, 0.5) is 0 Å². The molecule has 4 N–H and O–H groups in total. The summed E-state index contributed by atoms with van der Waals surface area (Å²) in [6.07, 6.45) is 0.699. The Morgan fingerprint density at radius 3 is 2.57 bits per heavy atom. The van der Waals surface area contributed by atoms with Gasteiger partial charge in [0.2, 0.25) is 5.56 Å². The Morgan fingerprint density at radius 1 is 1.11 bits per heavy atom. The van der Waals surface area contributed by atoms with Crippen molar-refractivity contribution in [1.29, 1.82) is 0 Å². The number of rotatable bonds is 8. The molecule has 0 saturated carbocycles. The van der Waals surface area contributed by atoms with Crippen LogP contribution in [0.2, 0.25) is 0 Å². The van der Waals surface area contributed by atoms with Crippen LogP contribution in [-0.2, 0) is 6.42 Å². The summed E-state index contributed by atoms with van der Waals surface area (Å²) >= 11 is 0. The van der Waals surface area contributed by atoms with Crippen LogP contribution in [0.3, 0.4) is 0 Å². The zero-order valence-corrected chi connectivity index (χ0v) is 16.1. The summed E-state index contributed by atoms with van der Waals surface area (Å²) in [5, 5.41) is 24.6. The molecule has 0 aliphatic carbocycles. The van der Waals surface area contributed by atoms with E-state index in [1.54, 1.807) is 19.2 Å². The third-order valence-corrected chi connectivity index (χ3v) is 4.88. The van der Waals surface area contributed by atoms with Crippen molar-refractivity contribution in [2.75, 3.05) is 13.7 Å². The van der Waals surface area contributed by atoms with E-state index in [4.69, 9.17) is 4.74 Å². The topological polar surface area (TPSA) is 94.6 Å². The van der Waals surface area contributed by atoms with Gasteiger partial charge >= 0.3 is 0 Å². The van der Waals surface area contributed by atoms with Crippen molar-refractivity contribution >= 4 is 10.9 Å². The number of aromatic amines is 1. The van der Waals surface area contributed by atoms with Gasteiger partial charge in [0.05, 0.1) is 18.7 Å². The van der Waals surface area contributed by atoms with E-state index in [0.717, 1.165) is 12.2 Å². The number of benzene rings is 2. The lowest BCUT2D eigenvalue weighted by Crippen LogP contribution is -2.29. The quantitative estimate of drug-likeness (QED) is 0.481. The van der Waals surface area contributed by atoms with Gasteiger partial charge in [-0.05, 0) is 61.7 Å². The van der Waals surface area contributed by atoms with Gasteiger partial charge in [-0.15, -0.1) is 0 Å². The van der Waals surface area contributed by atoms with E-state index in [1.165, 1.54) is 17.7 Å². The molecule has 0 aliphatic heterocycles. The fourth-order valence-electron chi connectivity index (χ4n) is 3.36. The normalized spacial score (nSPS) is 13.4. The molecule has 6 heteroatoms. The van der Waals surface area contributed by atoms with Crippen LogP contribution in [0.15, 0.2) is 53.3 Å². The summed E-state index contributed by atoms with van der Waals surface area (Å²) in [6.45, 7) is 2.75. The molecule has 1 heterocycles. The van der Waals surface area contributed by atoms with E-state index in [-0.39, 0.29) is 17.4 Å². The Labute approximate surface area is 163 Å². The highest BCUT2D eigenvalue weighted by atomic mass is 16.5. The lowest BCUT2D eigenvalue weighted by Gasteiger charge is -2.18. The molecule has 0 fully saturated rings. The minimum atomic E-state index is -0.699. The molecule has 2 aromatic carbocycles. The first kappa shape index (κ1) is 19.9. The first-order chi connectivity index (χ1) is 13.5. The predicted octanol–water partition coefficient (Wildman–Crippen LogP) is 2.89. The van der Waals surface area contributed by atoms with Crippen molar-refractivity contribution in [2.45, 2.75) is 31.9 Å². The molecule has 0 radical (unpaired) electrons. The van der Waals surface area contributed by atoms with Gasteiger partial charge in [0, 0.05) is 17.5 Å². The number of hydrogen-bond acceptors (Lipinski definition) is 5. The molecule has 1 aromatic heterocycles. The van der Waals surface area contributed by atoms with E-state index in [9.17, 15) is 15.0 Å². The Bertz CT molecular complexity index is 982. The van der Waals surface area contributed by atoms with Gasteiger partial charge in [-0.3, -0.25) is 4.79 Å². The number of pyridine rings is 1. The first-order valence-corrected chi connectivity index (χ1v) is 9.37. The average molecular weight is 382 g/mol. The molecule has 148 valence electrons. The standard InChI is InChI=1S/C22H26N2O4/c1-14(13-15-3-5-16(28-2)6-4-15)23-12-11-19(25)17-7-9-20(26)22-18(17)8-10-21(27)24-22/h3-10,14,19,23,25-26H,11-13H2,1-2H3,(H,24,27). The minimum Gasteiger partial charge on any atom is -0.506 e. The predicted molar refractivity (Wildman–Crippen MR) is 110 cm³/mol. The fraction of sp³-hybridized carbons (Fsp3) is 0.318. The number of hydrogen-bond donors (Lipinski definition) is 4. The third-order valence-electron chi connectivity index (χ3n) is 4.88. The molecule has 2 unspecified atom stereocenters. The van der Waals surface area contributed by atoms with E-state index < -0.39 is 6.10 Å². The summed E-state index contributed by atoms with van der Waals surface area (Å²) in [4.78, 5) is 14.1.